The molecule has 0 radical (unpaired) electrons. The highest BCUT2D eigenvalue weighted by molar-refractivity contribution is 6.30. The molecule has 0 saturated heterocycles. The fourth-order valence-electron chi connectivity index (χ4n) is 3.26. The molecule has 0 aliphatic heterocycles. The summed E-state index contributed by atoms with van der Waals surface area (Å²) < 4.78 is 2.18. The quantitative estimate of drug-likeness (QED) is 0.532. The van der Waals surface area contributed by atoms with Gasteiger partial charge in [0.05, 0.1) is 17.1 Å². The number of nitriles is 1. The van der Waals surface area contributed by atoms with Gasteiger partial charge in [0.1, 0.15) is 0 Å². The molecule has 120 valence electrons. The average Bonchev–Trinajstić information content (AvgIpc) is 3.03. The van der Waals surface area contributed by atoms with E-state index in [0.717, 1.165) is 28.6 Å². The summed E-state index contributed by atoms with van der Waals surface area (Å²) in [5, 5.41) is 10.8. The van der Waals surface area contributed by atoms with E-state index in [9.17, 15) is 0 Å². The zero-order valence-electron chi connectivity index (χ0n) is 13.4. The van der Waals surface area contributed by atoms with Crippen LogP contribution in [0.5, 0.6) is 0 Å². The van der Waals surface area contributed by atoms with Crippen LogP contribution in [0.15, 0.2) is 66.9 Å². The molecule has 0 amide bonds. The van der Waals surface area contributed by atoms with Crippen molar-refractivity contribution < 1.29 is 0 Å². The lowest BCUT2D eigenvalue weighted by Gasteiger charge is -2.33. The van der Waals surface area contributed by atoms with Crippen molar-refractivity contribution in [2.75, 3.05) is 5.73 Å². The van der Waals surface area contributed by atoms with Crippen LogP contribution in [0.1, 0.15) is 18.9 Å². The molecule has 1 atom stereocenters. The Labute approximate surface area is 146 Å². The highest BCUT2D eigenvalue weighted by Crippen LogP contribution is 2.37. The van der Waals surface area contributed by atoms with Crippen molar-refractivity contribution in [3.8, 4) is 6.07 Å². The molecule has 0 fully saturated rings. The molecule has 3 nitrogen and oxygen atoms in total. The summed E-state index contributed by atoms with van der Waals surface area (Å²) in [6.45, 7) is 2.11. The van der Waals surface area contributed by atoms with Gasteiger partial charge in [-0.05, 0) is 48.4 Å². The minimum Gasteiger partial charge on any atom is -0.398 e. The number of anilines is 1. The van der Waals surface area contributed by atoms with Crippen molar-refractivity contribution in [2.24, 2.45) is 0 Å². The van der Waals surface area contributed by atoms with E-state index in [4.69, 9.17) is 22.6 Å². The minimum absolute atomic E-state index is 0.476. The van der Waals surface area contributed by atoms with E-state index in [0.29, 0.717) is 5.02 Å². The molecule has 1 unspecified atom stereocenters. The molecule has 1 heterocycles. The molecule has 2 aromatic carbocycles. The van der Waals surface area contributed by atoms with E-state index in [2.05, 4.69) is 17.6 Å². The molecule has 24 heavy (non-hydrogen) atoms. The molecule has 0 spiro atoms. The Morgan fingerprint density at radius 2 is 1.96 bits per heavy atom. The van der Waals surface area contributed by atoms with E-state index in [1.54, 1.807) is 0 Å². The molecular formula is C20H18ClN3. The summed E-state index contributed by atoms with van der Waals surface area (Å²) in [5.74, 6) is 0. The van der Waals surface area contributed by atoms with Crippen molar-refractivity contribution in [2.45, 2.75) is 18.9 Å². The number of nitrogens with two attached hydrogens (primary N) is 1. The average molecular weight is 336 g/mol. The topological polar surface area (TPSA) is 54.7 Å². The first-order chi connectivity index (χ1) is 11.6. The number of nitrogens with zero attached hydrogens (tertiary/aromatic N) is 2. The zero-order valence-corrected chi connectivity index (χ0v) is 14.2. The molecule has 4 heteroatoms. The Morgan fingerprint density at radius 1 is 1.21 bits per heavy atom. The van der Waals surface area contributed by atoms with E-state index in [1.165, 1.54) is 6.08 Å². The van der Waals surface area contributed by atoms with E-state index in [1.807, 2.05) is 60.8 Å². The lowest BCUT2D eigenvalue weighted by molar-refractivity contribution is 0.447. The van der Waals surface area contributed by atoms with Gasteiger partial charge in [-0.25, -0.2) is 0 Å². The molecule has 0 aliphatic rings. The fraction of sp³-hybridized carbons (Fsp3) is 0.150. The molecular weight excluding hydrogens is 318 g/mol. The highest BCUT2D eigenvalue weighted by Gasteiger charge is 2.30. The number of fused-ring (bicyclic) bond motifs is 1. The van der Waals surface area contributed by atoms with Crippen molar-refractivity contribution in [1.29, 1.82) is 5.26 Å². The first kappa shape index (κ1) is 16.2. The van der Waals surface area contributed by atoms with Crippen LogP contribution >= 0.6 is 11.6 Å². The molecule has 2 N–H and O–H groups in total. The van der Waals surface area contributed by atoms with Crippen LogP contribution in [-0.2, 0) is 5.54 Å². The Balaban J connectivity index is 2.31. The standard InChI is InChI=1S/C20H18ClN3/c1-2-20(12-4-13-22,15-7-9-16(21)10-8-15)24-14-11-17-18(23)5-3-6-19(17)24/h3-12,14H,2,23H2,1H3. The van der Waals surface area contributed by atoms with E-state index < -0.39 is 5.54 Å². The number of rotatable bonds is 4. The van der Waals surface area contributed by atoms with E-state index >= 15 is 0 Å². The van der Waals surface area contributed by atoms with Crippen LogP contribution in [-0.4, -0.2) is 4.57 Å². The Bertz CT molecular complexity index is 932. The van der Waals surface area contributed by atoms with Crippen molar-refractivity contribution >= 4 is 28.2 Å². The van der Waals surface area contributed by atoms with Crippen molar-refractivity contribution in [3.05, 3.63) is 77.5 Å². The summed E-state index contributed by atoms with van der Waals surface area (Å²) in [6.07, 6.45) is 6.29. The lowest BCUT2D eigenvalue weighted by atomic mass is 9.86. The predicted octanol–water partition coefficient (Wildman–Crippen LogP) is 5.11. The van der Waals surface area contributed by atoms with Gasteiger partial charge in [0, 0.05) is 28.4 Å². The summed E-state index contributed by atoms with van der Waals surface area (Å²) >= 11 is 6.06. The molecule has 0 saturated carbocycles. The zero-order chi connectivity index (χ0) is 17.2. The number of halogens is 1. The molecule has 3 aromatic rings. The van der Waals surface area contributed by atoms with Gasteiger partial charge in [-0.1, -0.05) is 36.7 Å². The Hall–Kier alpha value is -2.70. The third-order valence-corrected chi connectivity index (χ3v) is 4.77. The molecule has 1 aromatic heterocycles. The SMILES string of the molecule is CCC(C=CC#N)(c1ccc(Cl)cc1)n1ccc2c(N)cccc21. The van der Waals surface area contributed by atoms with Gasteiger partial charge in [0.2, 0.25) is 0 Å². The number of allylic oxidation sites excluding steroid dienone is 2. The maximum Gasteiger partial charge on any atom is 0.0909 e. The van der Waals surface area contributed by atoms with Crippen molar-refractivity contribution in [3.63, 3.8) is 0 Å². The molecule has 3 rings (SSSR count). The fourth-order valence-corrected chi connectivity index (χ4v) is 3.39. The number of benzene rings is 2. The highest BCUT2D eigenvalue weighted by atomic mass is 35.5. The lowest BCUT2D eigenvalue weighted by Crippen LogP contribution is -2.31. The van der Waals surface area contributed by atoms with Gasteiger partial charge < -0.3 is 10.3 Å². The monoisotopic (exact) mass is 335 g/mol. The predicted molar refractivity (Wildman–Crippen MR) is 99.9 cm³/mol. The summed E-state index contributed by atoms with van der Waals surface area (Å²) in [4.78, 5) is 0. The van der Waals surface area contributed by atoms with Gasteiger partial charge in [-0.3, -0.25) is 0 Å². The Kier molecular flexibility index (Phi) is 4.33. The number of hydrogen-bond donors (Lipinski definition) is 1. The first-order valence-electron chi connectivity index (χ1n) is 7.82. The van der Waals surface area contributed by atoms with Gasteiger partial charge in [-0.15, -0.1) is 0 Å². The third kappa shape index (κ3) is 2.55. The maximum atomic E-state index is 9.08. The maximum absolute atomic E-state index is 9.08. The van der Waals surface area contributed by atoms with E-state index in [-0.39, 0.29) is 0 Å². The van der Waals surface area contributed by atoms with Gasteiger partial charge in [0.15, 0.2) is 0 Å². The molecule has 0 bridgehead atoms. The van der Waals surface area contributed by atoms with Crippen LogP contribution in [0.25, 0.3) is 10.9 Å². The normalized spacial score (nSPS) is 13.9. The van der Waals surface area contributed by atoms with Crippen LogP contribution < -0.4 is 5.73 Å². The van der Waals surface area contributed by atoms with Crippen LogP contribution in [0.3, 0.4) is 0 Å². The van der Waals surface area contributed by atoms with Crippen LogP contribution in [0.2, 0.25) is 5.02 Å². The molecule has 0 aliphatic carbocycles. The Morgan fingerprint density at radius 3 is 2.62 bits per heavy atom. The second kappa shape index (κ2) is 6.43. The van der Waals surface area contributed by atoms with Crippen molar-refractivity contribution in [1.82, 2.24) is 4.57 Å². The summed E-state index contributed by atoms with van der Waals surface area (Å²) in [7, 11) is 0. The van der Waals surface area contributed by atoms with Crippen LogP contribution in [0.4, 0.5) is 5.69 Å². The first-order valence-corrected chi connectivity index (χ1v) is 8.19. The van der Waals surface area contributed by atoms with Gasteiger partial charge in [0.25, 0.3) is 0 Å². The van der Waals surface area contributed by atoms with Gasteiger partial charge >= 0.3 is 0 Å². The largest absolute Gasteiger partial charge is 0.398 e. The second-order valence-corrected chi connectivity index (χ2v) is 6.15. The summed E-state index contributed by atoms with van der Waals surface area (Å²) in [6, 6.07) is 17.8. The van der Waals surface area contributed by atoms with Crippen LogP contribution in [0, 0.1) is 11.3 Å². The number of hydrogen-bond acceptors (Lipinski definition) is 2. The van der Waals surface area contributed by atoms with Gasteiger partial charge in [-0.2, -0.15) is 5.26 Å². The second-order valence-electron chi connectivity index (χ2n) is 5.71. The number of aromatic nitrogens is 1. The smallest absolute Gasteiger partial charge is 0.0909 e. The minimum atomic E-state index is -0.476. The third-order valence-electron chi connectivity index (χ3n) is 4.51. The summed E-state index contributed by atoms with van der Waals surface area (Å²) in [5.41, 5.74) is 8.49. The number of nitrogen functional groups attached to an aromatic ring is 1.